The average molecular weight is 470 g/mol. The van der Waals surface area contributed by atoms with Crippen LogP contribution in [0.1, 0.15) is 175 Å². The molecule has 0 aromatic carbocycles. The fourth-order valence-corrected chi connectivity index (χ4v) is 4.39. The van der Waals surface area contributed by atoms with E-state index < -0.39 is 0 Å². The van der Waals surface area contributed by atoms with Crippen LogP contribution in [0.15, 0.2) is 0 Å². The summed E-state index contributed by atoms with van der Waals surface area (Å²) in [6, 6.07) is 0. The summed E-state index contributed by atoms with van der Waals surface area (Å²) in [6.45, 7) is 9.24. The molecule has 0 aromatic rings. The highest BCUT2D eigenvalue weighted by Crippen LogP contribution is 2.13. The molecule has 0 saturated heterocycles. The molecule has 0 fully saturated rings. The molecule has 33 heavy (non-hydrogen) atoms. The topological polar surface area (TPSA) is 21.7 Å². The van der Waals surface area contributed by atoms with Gasteiger partial charge in [0.1, 0.15) is 0 Å². The van der Waals surface area contributed by atoms with Crippen LogP contribution in [0.5, 0.6) is 0 Å². The van der Waals surface area contributed by atoms with Crippen molar-refractivity contribution in [1.29, 1.82) is 0 Å². The molecular weight excluding hydrogens is 406 g/mol. The second-order valence-corrected chi connectivity index (χ2v) is 10.1. The van der Waals surface area contributed by atoms with Gasteiger partial charge in [0.05, 0.1) is 19.8 Å². The summed E-state index contributed by atoms with van der Waals surface area (Å²) in [5, 5.41) is 1.76. The van der Waals surface area contributed by atoms with Crippen LogP contribution >= 0.6 is 0 Å². The molecule has 0 aliphatic rings. The summed E-state index contributed by atoms with van der Waals surface area (Å²) >= 11 is 0. The third-order valence-electron chi connectivity index (χ3n) is 6.62. The number of hydrogen-bond acceptors (Lipinski definition) is 3. The maximum atomic E-state index is 5.89. The van der Waals surface area contributed by atoms with E-state index in [2.05, 4.69) is 20.8 Å². The monoisotopic (exact) mass is 469 g/mol. The van der Waals surface area contributed by atoms with Crippen LogP contribution in [-0.2, 0) is 9.68 Å². The molecule has 0 saturated carbocycles. The van der Waals surface area contributed by atoms with Gasteiger partial charge in [-0.3, -0.25) is 9.68 Å². The van der Waals surface area contributed by atoms with Crippen molar-refractivity contribution in [1.82, 2.24) is 5.23 Å². The van der Waals surface area contributed by atoms with Crippen LogP contribution in [0.3, 0.4) is 0 Å². The van der Waals surface area contributed by atoms with Gasteiger partial charge < -0.3 is 0 Å². The zero-order valence-corrected chi connectivity index (χ0v) is 23.4. The summed E-state index contributed by atoms with van der Waals surface area (Å²) < 4.78 is 0. The van der Waals surface area contributed by atoms with Gasteiger partial charge in [-0.2, -0.15) is 0 Å². The first-order chi connectivity index (χ1) is 16.3. The van der Waals surface area contributed by atoms with E-state index in [9.17, 15) is 0 Å². The van der Waals surface area contributed by atoms with Crippen molar-refractivity contribution in [2.24, 2.45) is 0 Å². The SMILES string of the molecule is CCCCCCCCCCCCCCCON(CCC)OCCCCCCCCCCCC. The lowest BCUT2D eigenvalue weighted by Crippen LogP contribution is -2.26. The van der Waals surface area contributed by atoms with E-state index in [1.54, 1.807) is 5.23 Å². The van der Waals surface area contributed by atoms with E-state index in [1.165, 1.54) is 135 Å². The Bertz CT molecular complexity index is 337. The Morgan fingerprint density at radius 3 is 0.879 bits per heavy atom. The van der Waals surface area contributed by atoms with Gasteiger partial charge in [0, 0.05) is 0 Å². The van der Waals surface area contributed by atoms with Crippen LogP contribution in [0.4, 0.5) is 0 Å². The minimum atomic E-state index is 0.801. The first-order valence-electron chi connectivity index (χ1n) is 15.4. The van der Waals surface area contributed by atoms with Crippen molar-refractivity contribution < 1.29 is 9.68 Å². The van der Waals surface area contributed by atoms with Crippen LogP contribution in [-0.4, -0.2) is 25.0 Å². The van der Waals surface area contributed by atoms with Gasteiger partial charge in [-0.15, -0.1) is 0 Å². The predicted octanol–water partition coefficient (Wildman–Crippen LogP) is 10.6. The third kappa shape index (κ3) is 28.0. The van der Waals surface area contributed by atoms with E-state index in [4.69, 9.17) is 9.68 Å². The van der Waals surface area contributed by atoms with Gasteiger partial charge in [0.2, 0.25) is 0 Å². The average Bonchev–Trinajstić information content (AvgIpc) is 2.82. The molecule has 0 amide bonds. The Morgan fingerprint density at radius 2 is 0.606 bits per heavy atom. The minimum Gasteiger partial charge on any atom is -0.274 e. The molecule has 200 valence electrons. The fourth-order valence-electron chi connectivity index (χ4n) is 4.39. The van der Waals surface area contributed by atoms with Crippen molar-refractivity contribution in [3.63, 3.8) is 0 Å². The molecule has 0 aromatic heterocycles. The predicted molar refractivity (Wildman–Crippen MR) is 146 cm³/mol. The first-order valence-corrected chi connectivity index (χ1v) is 15.4. The molecule has 0 spiro atoms. The van der Waals surface area contributed by atoms with Crippen LogP contribution in [0.25, 0.3) is 0 Å². The Hall–Kier alpha value is -0.120. The molecule has 0 rings (SSSR count). The molecule has 0 unspecified atom stereocenters. The highest BCUT2D eigenvalue weighted by molar-refractivity contribution is 4.49. The zero-order chi connectivity index (χ0) is 24.1. The summed E-state index contributed by atoms with van der Waals surface area (Å²) in [4.78, 5) is 11.8. The standard InChI is InChI=1S/C30H63NO2/c1-4-7-9-11-13-15-17-18-19-21-23-25-27-30-33-31(28-6-3)32-29-26-24-22-20-16-14-12-10-8-5-2/h4-30H2,1-3H3. The maximum Gasteiger partial charge on any atom is 0.0711 e. The van der Waals surface area contributed by atoms with E-state index in [1.807, 2.05) is 0 Å². The second kappa shape index (κ2) is 29.9. The summed E-state index contributed by atoms with van der Waals surface area (Å²) in [5.41, 5.74) is 0. The Kier molecular flexibility index (Phi) is 29.8. The number of hydrogen-bond donors (Lipinski definition) is 0. The largest absolute Gasteiger partial charge is 0.274 e. The molecule has 0 aliphatic carbocycles. The highest BCUT2D eigenvalue weighted by atomic mass is 16.9. The second-order valence-electron chi connectivity index (χ2n) is 10.1. The molecule has 0 atom stereocenters. The summed E-state index contributed by atoms with van der Waals surface area (Å²) in [7, 11) is 0. The molecule has 3 heteroatoms. The Labute approximate surface area is 209 Å². The lowest BCUT2D eigenvalue weighted by atomic mass is 10.0. The Morgan fingerprint density at radius 1 is 0.333 bits per heavy atom. The number of rotatable bonds is 29. The molecule has 0 N–H and O–H groups in total. The van der Waals surface area contributed by atoms with Gasteiger partial charge in [0.15, 0.2) is 0 Å². The van der Waals surface area contributed by atoms with Crippen molar-refractivity contribution in [2.75, 3.05) is 19.8 Å². The number of hydroxylamine groups is 2. The zero-order valence-electron chi connectivity index (χ0n) is 23.4. The quantitative estimate of drug-likeness (QED) is 0.0803. The van der Waals surface area contributed by atoms with Gasteiger partial charge in [0.25, 0.3) is 0 Å². The van der Waals surface area contributed by atoms with Gasteiger partial charge in [-0.1, -0.05) is 161 Å². The van der Waals surface area contributed by atoms with Gasteiger partial charge in [-0.05, 0) is 19.3 Å². The van der Waals surface area contributed by atoms with Crippen molar-refractivity contribution in [3.05, 3.63) is 0 Å². The normalized spacial score (nSPS) is 11.6. The van der Waals surface area contributed by atoms with Crippen LogP contribution in [0.2, 0.25) is 0 Å². The lowest BCUT2D eigenvalue weighted by molar-refractivity contribution is -0.368. The van der Waals surface area contributed by atoms with Gasteiger partial charge in [-0.25, -0.2) is 0 Å². The van der Waals surface area contributed by atoms with E-state index in [0.29, 0.717) is 0 Å². The molecular formula is C30H63NO2. The minimum absolute atomic E-state index is 0.801. The van der Waals surface area contributed by atoms with Crippen molar-refractivity contribution in [3.8, 4) is 0 Å². The van der Waals surface area contributed by atoms with Crippen molar-refractivity contribution in [2.45, 2.75) is 175 Å². The maximum absolute atomic E-state index is 5.89. The van der Waals surface area contributed by atoms with Crippen LogP contribution < -0.4 is 0 Å². The summed E-state index contributed by atoms with van der Waals surface area (Å²) in [5.74, 6) is 0. The highest BCUT2D eigenvalue weighted by Gasteiger charge is 2.05. The van der Waals surface area contributed by atoms with Crippen molar-refractivity contribution >= 4 is 0 Å². The Balaban J connectivity index is 3.37. The van der Waals surface area contributed by atoms with Gasteiger partial charge >= 0.3 is 0 Å². The molecule has 0 bridgehead atoms. The van der Waals surface area contributed by atoms with E-state index in [-0.39, 0.29) is 0 Å². The molecule has 0 aliphatic heterocycles. The summed E-state index contributed by atoms with van der Waals surface area (Å²) in [6.07, 6.45) is 32.7. The number of unbranched alkanes of at least 4 members (excludes halogenated alkanes) is 21. The molecule has 0 heterocycles. The van der Waals surface area contributed by atoms with E-state index >= 15 is 0 Å². The first kappa shape index (κ1) is 32.9. The van der Waals surface area contributed by atoms with Crippen LogP contribution in [0, 0.1) is 0 Å². The third-order valence-corrected chi connectivity index (χ3v) is 6.62. The fraction of sp³-hybridized carbons (Fsp3) is 1.00. The molecule has 0 radical (unpaired) electrons. The van der Waals surface area contributed by atoms with E-state index in [0.717, 1.165) is 39.0 Å². The lowest BCUT2D eigenvalue weighted by Gasteiger charge is -2.20. The smallest absolute Gasteiger partial charge is 0.0711 e. The number of nitrogens with zero attached hydrogens (tertiary/aromatic N) is 1. The molecule has 3 nitrogen and oxygen atoms in total.